The van der Waals surface area contributed by atoms with Crippen LogP contribution in [0.15, 0.2) is 44.7 Å². The van der Waals surface area contributed by atoms with E-state index < -0.39 is 60.8 Å². The van der Waals surface area contributed by atoms with Gasteiger partial charge in [-0.15, -0.1) is 0 Å². The van der Waals surface area contributed by atoms with Crippen LogP contribution in [0.2, 0.25) is 10.0 Å². The van der Waals surface area contributed by atoms with E-state index in [1.165, 1.54) is 13.3 Å². The molecule has 25 heteroatoms. The van der Waals surface area contributed by atoms with Crippen LogP contribution in [-0.2, 0) is 65.7 Å². The Bertz CT molecular complexity index is 2130. The second kappa shape index (κ2) is 20.7. The maximum absolute atomic E-state index is 12.9. The molecule has 2 spiro atoms. The third-order valence-corrected chi connectivity index (χ3v) is 13.2. The molecule has 1 N–H and O–H groups in total. The fourth-order valence-corrected chi connectivity index (χ4v) is 10.7. The molecule has 4 unspecified atom stereocenters. The van der Waals surface area contributed by atoms with Crippen molar-refractivity contribution >= 4 is 125 Å². The molecular weight excluding hydrogens is 1100 g/mol. The summed E-state index contributed by atoms with van der Waals surface area (Å²) >= 11 is 34.2. The Morgan fingerprint density at radius 2 is 1.20 bits per heavy atom. The molecule has 61 heavy (non-hydrogen) atoms. The van der Waals surface area contributed by atoms with Crippen LogP contribution in [0.1, 0.15) is 47.9 Å². The van der Waals surface area contributed by atoms with Gasteiger partial charge in [0.1, 0.15) is 23.4 Å². The zero-order valence-corrected chi connectivity index (χ0v) is 41.2. The van der Waals surface area contributed by atoms with E-state index in [2.05, 4.69) is 48.2 Å². The maximum Gasteiger partial charge on any atom is 0.412 e. The predicted octanol–water partition coefficient (Wildman–Crippen LogP) is 12.3. The minimum Gasteiger partial charge on any atom is -0.507 e. The summed E-state index contributed by atoms with van der Waals surface area (Å²) in [5.74, 6) is -1.30. The number of aryl methyl sites for hydroxylation is 2. The molecular formula is C36H37Br2Cl3F6O10P2S2. The molecule has 340 valence electrons. The van der Waals surface area contributed by atoms with Crippen molar-refractivity contribution in [2.24, 2.45) is 0 Å². The summed E-state index contributed by atoms with van der Waals surface area (Å²) in [6.45, 7) is 1.03. The Balaban J connectivity index is 0.000000228. The van der Waals surface area contributed by atoms with Gasteiger partial charge in [0, 0.05) is 46.6 Å². The predicted molar refractivity (Wildman–Crippen MR) is 233 cm³/mol. The van der Waals surface area contributed by atoms with E-state index in [1.54, 1.807) is 25.1 Å². The number of rotatable bonds is 8. The summed E-state index contributed by atoms with van der Waals surface area (Å²) in [5, 5.41) is 11.2. The van der Waals surface area contributed by atoms with Crippen molar-refractivity contribution in [3.63, 3.8) is 0 Å². The van der Waals surface area contributed by atoms with Crippen molar-refractivity contribution in [2.45, 2.75) is 63.1 Å². The fourth-order valence-electron chi connectivity index (χ4n) is 6.44. The number of aliphatic hydroxyl groups is 1. The molecule has 0 aliphatic carbocycles. The number of hydrogen-bond acceptors (Lipinski definition) is 12. The van der Waals surface area contributed by atoms with Crippen molar-refractivity contribution in [3.8, 4) is 0 Å². The number of alkyl halides is 6. The molecule has 2 aromatic carbocycles. The summed E-state index contributed by atoms with van der Waals surface area (Å²) in [6.07, 6.45) is -6.68. The SMILES string of the molecule is CP(=S)(Cl)OCC(F)(F)F.Cc1cc(Br)cc(Cl)c1C1=C(O)C2(CCCOC2)OC1=O.Cc1cc(Br)cc(Cl)c1C1=C(OP(C)(=S)OCC(F)(F)F)C2(CCCOC2)OC1=O. The zero-order valence-electron chi connectivity index (χ0n) is 32.4. The monoisotopic (exact) mass is 1130 g/mol. The van der Waals surface area contributed by atoms with Gasteiger partial charge in [-0.05, 0) is 86.7 Å². The lowest BCUT2D eigenvalue weighted by atomic mass is 9.91. The highest BCUT2D eigenvalue weighted by Gasteiger charge is 2.53. The van der Waals surface area contributed by atoms with E-state index in [1.807, 2.05) is 13.0 Å². The standard InChI is InChI=1S/C18H18BrClF3O5PS.C15H14BrClO4.C3H5ClF3OPS/c1-10-6-11(19)7-12(20)13(10)14-15(28-29(2,30)26-9-18(21,22)23)17(27-16(14)24)4-3-5-25-8-17;1-8-5-9(16)6-10(17)11(8)12-13(18)15(21-14(12)19)3-2-4-20-7-15;1-9(4,10)8-2-3(5,6)7/h6-7H,3-5,8-9H2,1-2H3;5-6,18H,2-4,7H2,1H3;2H2,1H3. The van der Waals surface area contributed by atoms with Gasteiger partial charge in [-0.3, -0.25) is 0 Å². The molecule has 0 saturated carbocycles. The van der Waals surface area contributed by atoms with Crippen LogP contribution in [0.4, 0.5) is 26.3 Å². The van der Waals surface area contributed by atoms with E-state index in [0.717, 1.165) is 16.5 Å². The molecule has 2 aromatic rings. The van der Waals surface area contributed by atoms with Crippen LogP contribution in [-0.4, -0.2) is 93.6 Å². The minimum atomic E-state index is -4.57. The van der Waals surface area contributed by atoms with Crippen LogP contribution in [0.25, 0.3) is 11.1 Å². The van der Waals surface area contributed by atoms with Crippen LogP contribution in [0.3, 0.4) is 0 Å². The minimum absolute atomic E-state index is 0.000623. The molecule has 6 rings (SSSR count). The lowest BCUT2D eigenvalue weighted by Crippen LogP contribution is -2.41. The van der Waals surface area contributed by atoms with E-state index >= 15 is 0 Å². The Morgan fingerprint density at radius 3 is 1.61 bits per heavy atom. The van der Waals surface area contributed by atoms with Crippen LogP contribution < -0.4 is 0 Å². The molecule has 4 aliphatic heterocycles. The van der Waals surface area contributed by atoms with Gasteiger partial charge in [-0.2, -0.15) is 26.3 Å². The summed E-state index contributed by atoms with van der Waals surface area (Å²) < 4.78 is 110. The van der Waals surface area contributed by atoms with Gasteiger partial charge < -0.3 is 37.6 Å². The first-order chi connectivity index (χ1) is 28.0. The Labute approximate surface area is 389 Å². The van der Waals surface area contributed by atoms with Crippen LogP contribution in [0, 0.1) is 13.8 Å². The fraction of sp³-hybridized carbons (Fsp3) is 0.500. The average molecular weight is 1140 g/mol. The third-order valence-electron chi connectivity index (χ3n) is 8.89. The largest absolute Gasteiger partial charge is 0.507 e. The molecule has 4 heterocycles. The van der Waals surface area contributed by atoms with Crippen LogP contribution >= 0.6 is 78.4 Å². The number of aliphatic hydroxyl groups excluding tert-OH is 1. The zero-order chi connectivity index (χ0) is 45.9. The first kappa shape index (κ1) is 52.6. The van der Waals surface area contributed by atoms with E-state index in [4.69, 9.17) is 74.2 Å². The molecule has 10 nitrogen and oxygen atoms in total. The van der Waals surface area contributed by atoms with Gasteiger partial charge >= 0.3 is 24.3 Å². The maximum atomic E-state index is 12.9. The summed E-state index contributed by atoms with van der Waals surface area (Å²) in [6, 6.07) is 6.90. The highest BCUT2D eigenvalue weighted by Crippen LogP contribution is 2.56. The van der Waals surface area contributed by atoms with E-state index in [0.29, 0.717) is 58.7 Å². The first-order valence-electron chi connectivity index (χ1n) is 17.7. The number of halogens is 11. The summed E-state index contributed by atoms with van der Waals surface area (Å²) in [5.41, 5.74) is -2.50. The van der Waals surface area contributed by atoms with Gasteiger partial charge in [0.2, 0.25) is 6.49 Å². The molecule has 0 radical (unpaired) electrons. The average Bonchev–Trinajstić information content (AvgIpc) is 3.49. The number of ether oxygens (including phenoxy) is 4. The quantitative estimate of drug-likeness (QED) is 0.154. The highest BCUT2D eigenvalue weighted by atomic mass is 79.9. The van der Waals surface area contributed by atoms with Gasteiger partial charge in [-0.1, -0.05) is 78.1 Å². The van der Waals surface area contributed by atoms with Crippen molar-refractivity contribution < 1.29 is 73.6 Å². The molecule has 4 atom stereocenters. The number of carbonyl (C=O) groups is 2. The third kappa shape index (κ3) is 14.3. The van der Waals surface area contributed by atoms with Crippen molar-refractivity contribution in [2.75, 3.05) is 53.0 Å². The highest BCUT2D eigenvalue weighted by molar-refractivity contribution is 9.10. The molecule has 0 bridgehead atoms. The number of benzene rings is 2. The van der Waals surface area contributed by atoms with Crippen molar-refractivity contribution in [1.29, 1.82) is 0 Å². The van der Waals surface area contributed by atoms with Crippen LogP contribution in [0.5, 0.6) is 0 Å². The summed E-state index contributed by atoms with van der Waals surface area (Å²) in [4.78, 5) is 25.2. The Morgan fingerprint density at radius 1 is 0.770 bits per heavy atom. The molecule has 4 aliphatic rings. The van der Waals surface area contributed by atoms with E-state index in [-0.39, 0.29) is 40.9 Å². The van der Waals surface area contributed by atoms with Gasteiger partial charge in [0.15, 0.2) is 29.3 Å². The number of esters is 2. The number of hydrogen-bond donors (Lipinski definition) is 1. The second-order valence-corrected chi connectivity index (χ2v) is 27.1. The molecule has 2 saturated heterocycles. The summed E-state index contributed by atoms with van der Waals surface area (Å²) in [7, 11) is 0. The Hall–Kier alpha value is -0.990. The topological polar surface area (TPSA) is 119 Å². The smallest absolute Gasteiger partial charge is 0.412 e. The Kier molecular flexibility index (Phi) is 17.8. The lowest BCUT2D eigenvalue weighted by molar-refractivity contribution is -0.159. The molecule has 0 aromatic heterocycles. The molecule has 2 fully saturated rings. The van der Waals surface area contributed by atoms with Crippen molar-refractivity contribution in [1.82, 2.24) is 0 Å². The van der Waals surface area contributed by atoms with Gasteiger partial charge in [0.25, 0.3) is 0 Å². The molecule has 0 amide bonds. The van der Waals surface area contributed by atoms with Gasteiger partial charge in [0.05, 0.1) is 23.3 Å². The second-order valence-electron chi connectivity index (χ2n) is 14.1. The van der Waals surface area contributed by atoms with E-state index in [9.17, 15) is 41.0 Å². The lowest BCUT2D eigenvalue weighted by Gasteiger charge is -2.35. The number of carbonyl (C=O) groups excluding carboxylic acids is 2. The van der Waals surface area contributed by atoms with Crippen molar-refractivity contribution in [3.05, 3.63) is 77.0 Å². The normalized spacial score (nSPS) is 23.7. The first-order valence-corrected chi connectivity index (χ1v) is 27.2. The van der Waals surface area contributed by atoms with Gasteiger partial charge in [-0.25, -0.2) is 9.59 Å².